The Labute approximate surface area is 189 Å². The molecule has 2 fully saturated rings. The third kappa shape index (κ3) is 6.19. The van der Waals surface area contributed by atoms with Crippen molar-refractivity contribution in [3.8, 4) is 0 Å². The van der Waals surface area contributed by atoms with Gasteiger partial charge in [-0.25, -0.2) is 4.79 Å². The quantitative estimate of drug-likeness (QED) is 0.405. The smallest absolute Gasteiger partial charge is 0.336 e. The van der Waals surface area contributed by atoms with Crippen LogP contribution in [0.25, 0.3) is 0 Å². The summed E-state index contributed by atoms with van der Waals surface area (Å²) in [5.41, 5.74) is 0.633. The van der Waals surface area contributed by atoms with Crippen molar-refractivity contribution in [2.45, 2.75) is 96.4 Å². The molecule has 2 heterocycles. The van der Waals surface area contributed by atoms with Gasteiger partial charge in [-0.05, 0) is 56.7 Å². The van der Waals surface area contributed by atoms with E-state index in [-0.39, 0.29) is 41.3 Å². The van der Waals surface area contributed by atoms with Crippen LogP contribution in [0.1, 0.15) is 59.8 Å². The lowest BCUT2D eigenvalue weighted by atomic mass is 9.91. The molecule has 3 aliphatic rings. The molecule has 1 unspecified atom stereocenters. The van der Waals surface area contributed by atoms with Gasteiger partial charge in [0, 0.05) is 25.6 Å². The number of carbonyl (C=O) groups is 1. The summed E-state index contributed by atoms with van der Waals surface area (Å²) in [5.74, 6) is 0.229. The number of allylic oxidation sites excluding steroid dienone is 1. The van der Waals surface area contributed by atoms with Crippen LogP contribution in [0.5, 0.6) is 0 Å². The van der Waals surface area contributed by atoms with Gasteiger partial charge in [0.15, 0.2) is 14.6 Å². The van der Waals surface area contributed by atoms with Crippen molar-refractivity contribution >= 4 is 14.3 Å². The molecule has 2 aliphatic heterocycles. The van der Waals surface area contributed by atoms with Crippen molar-refractivity contribution in [2.24, 2.45) is 11.8 Å². The zero-order valence-corrected chi connectivity index (χ0v) is 21.3. The third-order valence-electron chi connectivity index (χ3n) is 7.50. The molecular weight excluding hydrogens is 412 g/mol. The lowest BCUT2D eigenvalue weighted by Gasteiger charge is -2.38. The minimum absolute atomic E-state index is 0.0559. The molecule has 0 amide bonds. The van der Waals surface area contributed by atoms with Crippen LogP contribution in [0, 0.1) is 11.8 Å². The normalized spacial score (nSPS) is 32.2. The Morgan fingerprint density at radius 3 is 2.65 bits per heavy atom. The molecule has 31 heavy (non-hydrogen) atoms. The molecule has 1 aliphatic carbocycles. The fraction of sp³-hybridized carbons (Fsp3) is 0.875. The molecule has 0 aromatic rings. The van der Waals surface area contributed by atoms with E-state index in [2.05, 4.69) is 33.9 Å². The van der Waals surface area contributed by atoms with E-state index in [9.17, 15) is 4.79 Å². The van der Waals surface area contributed by atoms with Gasteiger partial charge in [-0.2, -0.15) is 0 Å². The fourth-order valence-electron chi connectivity index (χ4n) is 4.47. The first-order valence-corrected chi connectivity index (χ1v) is 14.9. The van der Waals surface area contributed by atoms with Crippen molar-refractivity contribution in [3.05, 3.63) is 11.6 Å². The van der Waals surface area contributed by atoms with Crippen molar-refractivity contribution in [1.29, 1.82) is 0 Å². The van der Waals surface area contributed by atoms with E-state index >= 15 is 0 Å². The van der Waals surface area contributed by atoms with Crippen LogP contribution >= 0.6 is 0 Å². The number of ether oxygens (including phenoxy) is 4. The Balaban J connectivity index is 1.73. The summed E-state index contributed by atoms with van der Waals surface area (Å²) in [4.78, 5) is 12.2. The largest absolute Gasteiger partial charge is 0.463 e. The molecule has 6 nitrogen and oxygen atoms in total. The van der Waals surface area contributed by atoms with Crippen LogP contribution < -0.4 is 0 Å². The third-order valence-corrected chi connectivity index (χ3v) is 12.0. The average Bonchev–Trinajstić information content (AvgIpc) is 2.88. The van der Waals surface area contributed by atoms with Gasteiger partial charge in [0.05, 0.1) is 31.0 Å². The Morgan fingerprint density at radius 2 is 2.00 bits per heavy atom. The molecule has 0 N–H and O–H groups in total. The molecular formula is C24H42O6Si. The number of hydrogen-bond donors (Lipinski definition) is 0. The fourth-order valence-corrected chi connectivity index (χ4v) is 5.51. The van der Waals surface area contributed by atoms with E-state index in [0.29, 0.717) is 25.4 Å². The Hall–Kier alpha value is -0.733. The molecule has 178 valence electrons. The molecule has 7 heteroatoms. The first-order valence-electron chi connectivity index (χ1n) is 12.0. The summed E-state index contributed by atoms with van der Waals surface area (Å²) in [6.07, 6.45) is 6.83. The minimum atomic E-state index is -1.88. The highest BCUT2D eigenvalue weighted by molar-refractivity contribution is 6.74. The average molecular weight is 455 g/mol. The summed E-state index contributed by atoms with van der Waals surface area (Å²) in [6.45, 7) is 15.3. The maximum atomic E-state index is 12.2. The molecule has 5 atom stereocenters. The topological polar surface area (TPSA) is 63.2 Å². The minimum Gasteiger partial charge on any atom is -0.463 e. The van der Waals surface area contributed by atoms with Crippen molar-refractivity contribution in [2.75, 3.05) is 26.4 Å². The van der Waals surface area contributed by atoms with Gasteiger partial charge < -0.3 is 23.4 Å². The van der Waals surface area contributed by atoms with Gasteiger partial charge in [-0.1, -0.05) is 26.8 Å². The lowest BCUT2D eigenvalue weighted by Crippen LogP contribution is -2.44. The number of rotatable bonds is 7. The Bertz CT molecular complexity index is 634. The molecule has 3 rings (SSSR count). The van der Waals surface area contributed by atoms with E-state index in [1.807, 2.05) is 13.0 Å². The lowest BCUT2D eigenvalue weighted by molar-refractivity contribution is -0.198. The van der Waals surface area contributed by atoms with E-state index in [0.717, 1.165) is 38.7 Å². The predicted molar refractivity (Wildman–Crippen MR) is 122 cm³/mol. The summed E-state index contributed by atoms with van der Waals surface area (Å²) < 4.78 is 30.4. The van der Waals surface area contributed by atoms with E-state index < -0.39 is 8.32 Å². The van der Waals surface area contributed by atoms with Gasteiger partial charge in [0.2, 0.25) is 0 Å². The van der Waals surface area contributed by atoms with Crippen LogP contribution in [0.15, 0.2) is 11.6 Å². The van der Waals surface area contributed by atoms with Crippen molar-refractivity contribution in [1.82, 2.24) is 0 Å². The van der Waals surface area contributed by atoms with Crippen molar-refractivity contribution in [3.63, 3.8) is 0 Å². The Morgan fingerprint density at radius 1 is 1.23 bits per heavy atom. The second-order valence-corrected chi connectivity index (χ2v) is 15.4. The van der Waals surface area contributed by atoms with Gasteiger partial charge in [0.1, 0.15) is 0 Å². The first-order chi connectivity index (χ1) is 14.6. The zero-order chi connectivity index (χ0) is 22.6. The van der Waals surface area contributed by atoms with Crippen LogP contribution in [0.3, 0.4) is 0 Å². The second kappa shape index (κ2) is 10.5. The first kappa shape index (κ1) is 24.9. The number of fused-ring (bicyclic) bond motifs is 1. The van der Waals surface area contributed by atoms with Crippen LogP contribution in [0.4, 0.5) is 0 Å². The molecule has 0 aromatic carbocycles. The maximum absolute atomic E-state index is 12.2. The SMILES string of the molecule is CCOC(=O)C1=CC[C@@H]2[C@@H](CO[Si](C)(C)C(C)(C)C)[C@H](OC3CCCCO3)C[C@@H]2OC1. The second-order valence-electron chi connectivity index (χ2n) is 10.6. The van der Waals surface area contributed by atoms with Gasteiger partial charge in [0.25, 0.3) is 0 Å². The molecule has 0 radical (unpaired) electrons. The highest BCUT2D eigenvalue weighted by Crippen LogP contribution is 2.44. The summed E-state index contributed by atoms with van der Waals surface area (Å²) in [7, 11) is -1.88. The van der Waals surface area contributed by atoms with Gasteiger partial charge >= 0.3 is 5.97 Å². The molecule has 0 aromatic heterocycles. The maximum Gasteiger partial charge on any atom is 0.336 e. The monoisotopic (exact) mass is 454 g/mol. The molecule has 0 bridgehead atoms. The number of esters is 1. The van der Waals surface area contributed by atoms with E-state index in [1.54, 1.807) is 0 Å². The molecule has 0 spiro atoms. The van der Waals surface area contributed by atoms with Crippen LogP contribution in [-0.2, 0) is 28.2 Å². The number of carbonyl (C=O) groups excluding carboxylic acids is 1. The van der Waals surface area contributed by atoms with E-state index in [4.69, 9.17) is 23.4 Å². The standard InChI is InChI=1S/C24H42O6Si/c1-7-26-23(25)17-11-12-18-19(16-29-31(5,6)24(2,3)4)21(14-20(18)28-15-17)30-22-10-8-9-13-27-22/h11,18-22H,7-10,12-16H2,1-6H3/t18-,19-,20+,21-,22?/m1/s1. The van der Waals surface area contributed by atoms with Crippen molar-refractivity contribution < 1.29 is 28.2 Å². The summed E-state index contributed by atoms with van der Waals surface area (Å²) in [6, 6.07) is 0. The summed E-state index contributed by atoms with van der Waals surface area (Å²) >= 11 is 0. The van der Waals surface area contributed by atoms with E-state index in [1.165, 1.54) is 0 Å². The highest BCUT2D eigenvalue weighted by atomic mass is 28.4. The van der Waals surface area contributed by atoms with Crippen LogP contribution in [0.2, 0.25) is 18.1 Å². The van der Waals surface area contributed by atoms with Crippen LogP contribution in [-0.4, -0.2) is 59.2 Å². The predicted octanol–water partition coefficient (Wildman–Crippen LogP) is 4.83. The zero-order valence-electron chi connectivity index (χ0n) is 20.3. The Kier molecular flexibility index (Phi) is 8.41. The van der Waals surface area contributed by atoms with Gasteiger partial charge in [-0.15, -0.1) is 0 Å². The molecule has 1 saturated carbocycles. The molecule has 1 saturated heterocycles. The summed E-state index contributed by atoms with van der Waals surface area (Å²) in [5, 5.41) is 0.158. The highest BCUT2D eigenvalue weighted by Gasteiger charge is 2.48. The van der Waals surface area contributed by atoms with Gasteiger partial charge in [-0.3, -0.25) is 0 Å². The number of hydrogen-bond acceptors (Lipinski definition) is 6.